The Kier molecular flexibility index (Phi) is 7.91. The maximum atomic E-state index is 12.4. The number of halogens is 2. The third-order valence-electron chi connectivity index (χ3n) is 4.15. The molecule has 0 bridgehead atoms. The number of carbonyl (C=O) groups is 1. The average Bonchev–Trinajstić information content (AvgIpc) is 2.61. The lowest BCUT2D eigenvalue weighted by atomic mass is 9.98. The van der Waals surface area contributed by atoms with Crippen molar-refractivity contribution in [3.63, 3.8) is 0 Å². The molecule has 0 unspecified atom stereocenters. The maximum absolute atomic E-state index is 12.4. The molecule has 0 radical (unpaired) electrons. The SMILES string of the molecule is COc1ccc(C(=O)NCCCOC2CCCCC2)cc1OC(F)F. The van der Waals surface area contributed by atoms with E-state index in [0.717, 1.165) is 12.8 Å². The van der Waals surface area contributed by atoms with Gasteiger partial charge in [-0.25, -0.2) is 0 Å². The van der Waals surface area contributed by atoms with Crippen molar-refractivity contribution < 1.29 is 27.8 Å². The Bertz CT molecular complexity index is 548. The lowest BCUT2D eigenvalue weighted by Crippen LogP contribution is -2.26. The van der Waals surface area contributed by atoms with E-state index in [1.165, 1.54) is 44.6 Å². The number of rotatable bonds is 9. The van der Waals surface area contributed by atoms with Gasteiger partial charge in [0.15, 0.2) is 11.5 Å². The van der Waals surface area contributed by atoms with Gasteiger partial charge in [-0.15, -0.1) is 0 Å². The van der Waals surface area contributed by atoms with Crippen LogP contribution in [-0.2, 0) is 4.74 Å². The number of ether oxygens (including phenoxy) is 3. The Morgan fingerprint density at radius 2 is 2.00 bits per heavy atom. The topological polar surface area (TPSA) is 56.8 Å². The fourth-order valence-corrected chi connectivity index (χ4v) is 2.86. The minimum absolute atomic E-state index is 0.151. The number of methoxy groups -OCH3 is 1. The van der Waals surface area contributed by atoms with E-state index in [1.54, 1.807) is 0 Å². The van der Waals surface area contributed by atoms with Crippen LogP contribution in [0.3, 0.4) is 0 Å². The zero-order valence-corrected chi connectivity index (χ0v) is 14.4. The molecule has 7 heteroatoms. The first-order valence-electron chi connectivity index (χ1n) is 8.63. The van der Waals surface area contributed by atoms with E-state index in [9.17, 15) is 13.6 Å². The second kappa shape index (κ2) is 10.2. The van der Waals surface area contributed by atoms with E-state index < -0.39 is 6.61 Å². The van der Waals surface area contributed by atoms with Crippen molar-refractivity contribution in [2.24, 2.45) is 0 Å². The van der Waals surface area contributed by atoms with Gasteiger partial charge in [0.2, 0.25) is 0 Å². The first-order chi connectivity index (χ1) is 12.1. The average molecular weight is 357 g/mol. The molecular weight excluding hydrogens is 332 g/mol. The van der Waals surface area contributed by atoms with Gasteiger partial charge >= 0.3 is 6.61 Å². The molecule has 0 spiro atoms. The van der Waals surface area contributed by atoms with Gasteiger partial charge in [-0.3, -0.25) is 4.79 Å². The lowest BCUT2D eigenvalue weighted by Gasteiger charge is -2.21. The molecule has 0 saturated heterocycles. The number of benzene rings is 1. The lowest BCUT2D eigenvalue weighted by molar-refractivity contribution is -0.0512. The molecule has 1 aromatic rings. The third-order valence-corrected chi connectivity index (χ3v) is 4.15. The van der Waals surface area contributed by atoms with Crippen molar-refractivity contribution >= 4 is 5.91 Å². The first kappa shape index (κ1) is 19.4. The summed E-state index contributed by atoms with van der Waals surface area (Å²) in [5, 5.41) is 2.75. The van der Waals surface area contributed by atoms with Gasteiger partial charge in [0.1, 0.15) is 0 Å². The standard InChI is InChI=1S/C18H25F2NO4/c1-23-15-9-8-13(12-16(15)25-18(19)20)17(22)21-10-5-11-24-14-6-3-2-4-7-14/h8-9,12,14,18H,2-7,10-11H2,1H3,(H,21,22). The molecule has 0 heterocycles. The Hall–Kier alpha value is -1.89. The monoisotopic (exact) mass is 357 g/mol. The fraction of sp³-hybridized carbons (Fsp3) is 0.611. The zero-order chi connectivity index (χ0) is 18.1. The van der Waals surface area contributed by atoms with Gasteiger partial charge in [0.25, 0.3) is 5.91 Å². The van der Waals surface area contributed by atoms with E-state index in [1.807, 2.05) is 0 Å². The summed E-state index contributed by atoms with van der Waals surface area (Å²) in [6.45, 7) is -1.92. The van der Waals surface area contributed by atoms with Gasteiger partial charge in [-0.1, -0.05) is 19.3 Å². The number of carbonyl (C=O) groups excluding carboxylic acids is 1. The van der Waals surface area contributed by atoms with Crippen LogP contribution in [0.15, 0.2) is 18.2 Å². The summed E-state index contributed by atoms with van der Waals surface area (Å²) < 4.78 is 40.0. The third kappa shape index (κ3) is 6.49. The highest BCUT2D eigenvalue weighted by atomic mass is 19.3. The van der Waals surface area contributed by atoms with Gasteiger partial charge in [0, 0.05) is 18.7 Å². The van der Waals surface area contributed by atoms with E-state index in [0.29, 0.717) is 25.7 Å². The predicted molar refractivity (Wildman–Crippen MR) is 89.4 cm³/mol. The normalized spacial score (nSPS) is 15.2. The molecule has 1 fully saturated rings. The Labute approximate surface area is 146 Å². The summed E-state index contributed by atoms with van der Waals surface area (Å²) in [5.41, 5.74) is 0.240. The molecular formula is C18H25F2NO4. The molecule has 25 heavy (non-hydrogen) atoms. The Balaban J connectivity index is 1.76. The van der Waals surface area contributed by atoms with Crippen LogP contribution in [0.5, 0.6) is 11.5 Å². The van der Waals surface area contributed by atoms with Gasteiger partial charge in [-0.05, 0) is 37.5 Å². The van der Waals surface area contributed by atoms with Crippen LogP contribution in [0.25, 0.3) is 0 Å². The number of hydrogen-bond acceptors (Lipinski definition) is 4. The molecule has 1 amide bonds. The molecule has 140 valence electrons. The molecule has 1 saturated carbocycles. The number of amides is 1. The van der Waals surface area contributed by atoms with E-state index in [4.69, 9.17) is 9.47 Å². The van der Waals surface area contributed by atoms with Crippen molar-refractivity contribution in [3.05, 3.63) is 23.8 Å². The number of alkyl halides is 2. The van der Waals surface area contributed by atoms with Crippen LogP contribution >= 0.6 is 0 Å². The molecule has 0 aromatic heterocycles. The minimum Gasteiger partial charge on any atom is -0.493 e. The highest BCUT2D eigenvalue weighted by Crippen LogP contribution is 2.29. The van der Waals surface area contributed by atoms with Crippen molar-refractivity contribution in [3.8, 4) is 11.5 Å². The Morgan fingerprint density at radius 3 is 2.68 bits per heavy atom. The summed E-state index contributed by atoms with van der Waals surface area (Å²) >= 11 is 0. The molecule has 1 aromatic carbocycles. The van der Waals surface area contributed by atoms with Gasteiger partial charge in [0.05, 0.1) is 13.2 Å². The first-order valence-corrected chi connectivity index (χ1v) is 8.63. The van der Waals surface area contributed by atoms with Crippen LogP contribution in [0.4, 0.5) is 8.78 Å². The van der Waals surface area contributed by atoms with Crippen molar-refractivity contribution in [2.45, 2.75) is 51.2 Å². The molecule has 5 nitrogen and oxygen atoms in total. The highest BCUT2D eigenvalue weighted by Gasteiger charge is 2.15. The van der Waals surface area contributed by atoms with Crippen molar-refractivity contribution in [2.75, 3.05) is 20.3 Å². The molecule has 2 rings (SSSR count). The molecule has 1 aliphatic carbocycles. The minimum atomic E-state index is -2.98. The summed E-state index contributed by atoms with van der Waals surface area (Å²) in [6, 6.07) is 4.18. The highest BCUT2D eigenvalue weighted by molar-refractivity contribution is 5.94. The quantitative estimate of drug-likeness (QED) is 0.684. The van der Waals surface area contributed by atoms with Crippen LogP contribution in [0.1, 0.15) is 48.9 Å². The van der Waals surface area contributed by atoms with Gasteiger partial charge < -0.3 is 19.5 Å². The van der Waals surface area contributed by atoms with Crippen LogP contribution in [0.2, 0.25) is 0 Å². The molecule has 0 aliphatic heterocycles. The van der Waals surface area contributed by atoms with E-state index in [2.05, 4.69) is 10.1 Å². The van der Waals surface area contributed by atoms with Crippen LogP contribution in [0, 0.1) is 0 Å². The number of hydrogen-bond donors (Lipinski definition) is 1. The zero-order valence-electron chi connectivity index (χ0n) is 14.4. The summed E-state index contributed by atoms with van der Waals surface area (Å²) in [6.07, 6.45) is 7.02. The maximum Gasteiger partial charge on any atom is 0.387 e. The fourth-order valence-electron chi connectivity index (χ4n) is 2.86. The predicted octanol–water partition coefficient (Wildman–Crippen LogP) is 3.77. The molecule has 1 N–H and O–H groups in total. The van der Waals surface area contributed by atoms with Crippen molar-refractivity contribution in [1.82, 2.24) is 5.32 Å². The second-order valence-electron chi connectivity index (χ2n) is 5.98. The molecule has 0 atom stereocenters. The second-order valence-corrected chi connectivity index (χ2v) is 5.98. The summed E-state index contributed by atoms with van der Waals surface area (Å²) in [5.74, 6) is -0.358. The van der Waals surface area contributed by atoms with E-state index >= 15 is 0 Å². The number of nitrogens with one attached hydrogen (secondary N) is 1. The smallest absolute Gasteiger partial charge is 0.387 e. The van der Waals surface area contributed by atoms with Crippen LogP contribution < -0.4 is 14.8 Å². The van der Waals surface area contributed by atoms with Crippen molar-refractivity contribution in [1.29, 1.82) is 0 Å². The van der Waals surface area contributed by atoms with Crippen LogP contribution in [-0.4, -0.2) is 38.9 Å². The van der Waals surface area contributed by atoms with E-state index in [-0.39, 0.29) is 23.0 Å². The largest absolute Gasteiger partial charge is 0.493 e. The summed E-state index contributed by atoms with van der Waals surface area (Å²) in [7, 11) is 1.35. The molecule has 1 aliphatic rings. The Morgan fingerprint density at radius 1 is 1.24 bits per heavy atom. The van der Waals surface area contributed by atoms with Gasteiger partial charge in [-0.2, -0.15) is 8.78 Å². The summed E-state index contributed by atoms with van der Waals surface area (Å²) in [4.78, 5) is 12.1.